The van der Waals surface area contributed by atoms with E-state index in [9.17, 15) is 4.79 Å². The molecule has 4 heteroatoms. The normalized spacial score (nSPS) is 16.2. The first-order valence-electron chi connectivity index (χ1n) is 4.35. The number of likely N-dealkylation sites (tertiary alicyclic amines) is 1. The van der Waals surface area contributed by atoms with Crippen molar-refractivity contribution in [1.82, 2.24) is 14.9 Å². The standard InChI is InChI=1S/C9H10N3O/c13-9(12-3-1-2-4-12)8-5-10-7-11-6-8/h5-6H,1-4H2. The molecule has 1 aliphatic heterocycles. The number of aromatic nitrogens is 2. The zero-order chi connectivity index (χ0) is 9.10. The molecule has 13 heavy (non-hydrogen) atoms. The Kier molecular flexibility index (Phi) is 2.21. The van der Waals surface area contributed by atoms with Crippen molar-refractivity contribution in [2.45, 2.75) is 12.8 Å². The first kappa shape index (κ1) is 8.16. The lowest BCUT2D eigenvalue weighted by Crippen LogP contribution is -2.27. The Morgan fingerprint density at radius 1 is 1.31 bits per heavy atom. The smallest absolute Gasteiger partial charge is 0.256 e. The summed E-state index contributed by atoms with van der Waals surface area (Å²) in [6.07, 6.45) is 7.63. The van der Waals surface area contributed by atoms with Crippen LogP contribution in [-0.2, 0) is 0 Å². The quantitative estimate of drug-likeness (QED) is 0.626. The van der Waals surface area contributed by atoms with Crippen molar-refractivity contribution >= 4 is 5.91 Å². The van der Waals surface area contributed by atoms with Crippen LogP contribution in [0.25, 0.3) is 0 Å². The summed E-state index contributed by atoms with van der Waals surface area (Å²) in [5, 5.41) is 0. The van der Waals surface area contributed by atoms with Crippen molar-refractivity contribution < 1.29 is 4.79 Å². The maximum absolute atomic E-state index is 11.7. The maximum Gasteiger partial charge on any atom is 0.256 e. The second kappa shape index (κ2) is 3.51. The lowest BCUT2D eigenvalue weighted by atomic mass is 10.3. The summed E-state index contributed by atoms with van der Waals surface area (Å²) in [5.41, 5.74) is 0.556. The van der Waals surface area contributed by atoms with Crippen LogP contribution < -0.4 is 0 Å². The van der Waals surface area contributed by atoms with Gasteiger partial charge in [0.25, 0.3) is 5.91 Å². The fourth-order valence-corrected chi connectivity index (χ4v) is 1.48. The Bertz CT molecular complexity index is 293. The van der Waals surface area contributed by atoms with Gasteiger partial charge in [-0.3, -0.25) is 4.79 Å². The van der Waals surface area contributed by atoms with Gasteiger partial charge in [-0.1, -0.05) is 0 Å². The molecule has 0 aliphatic carbocycles. The number of hydrogen-bond acceptors (Lipinski definition) is 3. The number of carbonyl (C=O) groups excluding carboxylic acids is 1. The van der Waals surface area contributed by atoms with Gasteiger partial charge in [0.15, 0.2) is 6.33 Å². The molecule has 67 valence electrons. The van der Waals surface area contributed by atoms with Crippen LogP contribution in [0, 0.1) is 6.33 Å². The second-order valence-electron chi connectivity index (χ2n) is 3.07. The van der Waals surface area contributed by atoms with E-state index in [2.05, 4.69) is 16.3 Å². The lowest BCUT2D eigenvalue weighted by molar-refractivity contribution is 0.0792. The number of rotatable bonds is 1. The largest absolute Gasteiger partial charge is 0.339 e. The lowest BCUT2D eigenvalue weighted by Gasteiger charge is -2.13. The van der Waals surface area contributed by atoms with E-state index in [4.69, 9.17) is 0 Å². The Balaban J connectivity index is 2.13. The van der Waals surface area contributed by atoms with Crippen molar-refractivity contribution in [1.29, 1.82) is 0 Å². The van der Waals surface area contributed by atoms with Gasteiger partial charge in [0, 0.05) is 25.5 Å². The molecule has 1 aromatic heterocycles. The highest BCUT2D eigenvalue weighted by Crippen LogP contribution is 2.10. The molecule has 0 bridgehead atoms. The van der Waals surface area contributed by atoms with Crippen LogP contribution in [0.1, 0.15) is 23.2 Å². The fourth-order valence-electron chi connectivity index (χ4n) is 1.48. The molecule has 2 rings (SSSR count). The summed E-state index contributed by atoms with van der Waals surface area (Å²) in [5.74, 6) is 0.0338. The second-order valence-corrected chi connectivity index (χ2v) is 3.07. The first-order chi connectivity index (χ1) is 6.38. The molecule has 0 spiro atoms. The van der Waals surface area contributed by atoms with Gasteiger partial charge in [-0.2, -0.15) is 0 Å². The number of hydrogen-bond donors (Lipinski definition) is 0. The van der Waals surface area contributed by atoms with E-state index >= 15 is 0 Å². The summed E-state index contributed by atoms with van der Waals surface area (Å²) >= 11 is 0. The average Bonchev–Trinajstić information content (AvgIpc) is 2.71. The summed E-state index contributed by atoms with van der Waals surface area (Å²) in [6.45, 7) is 1.72. The molecule has 1 amide bonds. The van der Waals surface area contributed by atoms with Crippen LogP contribution in [-0.4, -0.2) is 33.9 Å². The van der Waals surface area contributed by atoms with E-state index in [1.807, 2.05) is 4.90 Å². The summed E-state index contributed by atoms with van der Waals surface area (Å²) in [6, 6.07) is 0. The van der Waals surface area contributed by atoms with Crippen molar-refractivity contribution in [3.8, 4) is 0 Å². The molecule has 0 atom stereocenters. The summed E-state index contributed by atoms with van der Waals surface area (Å²) in [7, 11) is 0. The molecule has 1 fully saturated rings. The van der Waals surface area contributed by atoms with Gasteiger partial charge in [0.1, 0.15) is 0 Å². The SMILES string of the molecule is O=C(c1cn[c]nc1)N1CCCC1. The van der Waals surface area contributed by atoms with Crippen LogP contribution in [0.15, 0.2) is 12.4 Å². The van der Waals surface area contributed by atoms with Crippen molar-refractivity contribution in [2.75, 3.05) is 13.1 Å². The van der Waals surface area contributed by atoms with Crippen molar-refractivity contribution in [3.63, 3.8) is 0 Å². The molecular formula is C9H10N3O. The molecule has 1 radical (unpaired) electrons. The van der Waals surface area contributed by atoms with Gasteiger partial charge in [0.05, 0.1) is 5.56 Å². The van der Waals surface area contributed by atoms with Gasteiger partial charge < -0.3 is 4.90 Å². The predicted octanol–water partition coefficient (Wildman–Crippen LogP) is 0.513. The monoisotopic (exact) mass is 176 g/mol. The van der Waals surface area contributed by atoms with E-state index in [-0.39, 0.29) is 5.91 Å². The van der Waals surface area contributed by atoms with Crippen LogP contribution in [0.2, 0.25) is 0 Å². The van der Waals surface area contributed by atoms with Gasteiger partial charge in [-0.25, -0.2) is 9.97 Å². The van der Waals surface area contributed by atoms with E-state index in [0.717, 1.165) is 25.9 Å². The minimum atomic E-state index is 0.0338. The van der Waals surface area contributed by atoms with E-state index in [1.165, 1.54) is 12.4 Å². The zero-order valence-corrected chi connectivity index (χ0v) is 7.23. The highest BCUT2D eigenvalue weighted by atomic mass is 16.2. The van der Waals surface area contributed by atoms with Crippen LogP contribution >= 0.6 is 0 Å². The summed E-state index contributed by atoms with van der Waals surface area (Å²) < 4.78 is 0. The molecule has 0 saturated carbocycles. The number of nitrogens with zero attached hydrogens (tertiary/aromatic N) is 3. The number of amides is 1. The predicted molar refractivity (Wildman–Crippen MR) is 46.0 cm³/mol. The number of carbonyl (C=O) groups is 1. The van der Waals surface area contributed by atoms with Gasteiger partial charge in [-0.05, 0) is 12.8 Å². The Morgan fingerprint density at radius 2 is 1.92 bits per heavy atom. The molecule has 1 aromatic rings. The minimum absolute atomic E-state index is 0.0338. The van der Waals surface area contributed by atoms with E-state index < -0.39 is 0 Å². The molecular weight excluding hydrogens is 166 g/mol. The highest BCUT2D eigenvalue weighted by molar-refractivity contribution is 5.93. The minimum Gasteiger partial charge on any atom is -0.339 e. The molecule has 1 saturated heterocycles. The highest BCUT2D eigenvalue weighted by Gasteiger charge is 2.19. The Labute approximate surface area is 76.6 Å². The molecule has 0 aromatic carbocycles. The third-order valence-electron chi connectivity index (χ3n) is 2.16. The fraction of sp³-hybridized carbons (Fsp3) is 0.444. The average molecular weight is 176 g/mol. The van der Waals surface area contributed by atoms with Crippen molar-refractivity contribution in [3.05, 3.63) is 24.3 Å². The topological polar surface area (TPSA) is 46.1 Å². The molecule has 0 unspecified atom stereocenters. The van der Waals surface area contributed by atoms with Gasteiger partial charge >= 0.3 is 0 Å². The molecule has 1 aliphatic rings. The Morgan fingerprint density at radius 3 is 2.54 bits per heavy atom. The van der Waals surface area contributed by atoms with Gasteiger partial charge in [-0.15, -0.1) is 0 Å². The van der Waals surface area contributed by atoms with Crippen molar-refractivity contribution in [2.24, 2.45) is 0 Å². The van der Waals surface area contributed by atoms with Crippen LogP contribution in [0.5, 0.6) is 0 Å². The van der Waals surface area contributed by atoms with Crippen LogP contribution in [0.4, 0.5) is 0 Å². The van der Waals surface area contributed by atoms with Crippen LogP contribution in [0.3, 0.4) is 0 Å². The molecule has 4 nitrogen and oxygen atoms in total. The first-order valence-corrected chi connectivity index (χ1v) is 4.35. The molecule has 2 heterocycles. The Hall–Kier alpha value is -1.45. The van der Waals surface area contributed by atoms with Gasteiger partial charge in [0.2, 0.25) is 0 Å². The third-order valence-corrected chi connectivity index (χ3v) is 2.16. The zero-order valence-electron chi connectivity index (χ0n) is 7.23. The van der Waals surface area contributed by atoms with E-state index in [0.29, 0.717) is 5.56 Å². The summed E-state index contributed by atoms with van der Waals surface area (Å²) in [4.78, 5) is 20.9. The maximum atomic E-state index is 11.7. The molecule has 0 N–H and O–H groups in total. The van der Waals surface area contributed by atoms with E-state index in [1.54, 1.807) is 0 Å². The third kappa shape index (κ3) is 1.66.